The summed E-state index contributed by atoms with van der Waals surface area (Å²) in [7, 11) is 0. The number of nitrogens with zero attached hydrogens (tertiary/aromatic N) is 3. The van der Waals surface area contributed by atoms with Crippen molar-refractivity contribution in [2.24, 2.45) is 17.8 Å². The highest BCUT2D eigenvalue weighted by molar-refractivity contribution is 5.98. The van der Waals surface area contributed by atoms with Gasteiger partial charge >= 0.3 is 0 Å². The molecule has 3 atom stereocenters. The Morgan fingerprint density at radius 3 is 2.72 bits per heavy atom. The van der Waals surface area contributed by atoms with Crippen LogP contribution in [0, 0.1) is 24.7 Å². The molecule has 0 spiro atoms. The monoisotopic (exact) mass is 428 g/mol. The molecule has 1 aromatic carbocycles. The molecule has 4 aliphatic rings. The number of hydrogen-bond donors (Lipinski definition) is 1. The number of aromatic nitrogens is 1. The molecule has 6 rings (SSSR count). The van der Waals surface area contributed by atoms with E-state index in [-0.39, 0.29) is 11.8 Å². The molecule has 5 heterocycles. The van der Waals surface area contributed by atoms with Crippen molar-refractivity contribution in [2.45, 2.75) is 20.3 Å². The summed E-state index contributed by atoms with van der Waals surface area (Å²) in [5.41, 5.74) is 5.75. The van der Waals surface area contributed by atoms with E-state index < -0.39 is 0 Å². The number of carbonyl (C=O) groups excluding carboxylic acids is 1. The number of fused-ring (bicyclic) bond motifs is 3. The van der Waals surface area contributed by atoms with E-state index in [4.69, 9.17) is 4.42 Å². The number of benzene rings is 1. The highest BCUT2D eigenvalue weighted by Gasteiger charge is 2.37. The van der Waals surface area contributed by atoms with E-state index in [9.17, 15) is 4.79 Å². The Morgan fingerprint density at radius 1 is 1.12 bits per heavy atom. The van der Waals surface area contributed by atoms with Gasteiger partial charge < -0.3 is 14.6 Å². The van der Waals surface area contributed by atoms with Gasteiger partial charge in [0, 0.05) is 51.1 Å². The molecule has 164 valence electrons. The molecule has 6 heteroatoms. The molecule has 3 unspecified atom stereocenters. The van der Waals surface area contributed by atoms with Crippen molar-refractivity contribution in [3.8, 4) is 0 Å². The summed E-state index contributed by atoms with van der Waals surface area (Å²) in [6.45, 7) is 8.35. The van der Waals surface area contributed by atoms with Crippen molar-refractivity contribution >= 4 is 22.6 Å². The van der Waals surface area contributed by atoms with Crippen LogP contribution < -0.4 is 5.32 Å². The van der Waals surface area contributed by atoms with Crippen molar-refractivity contribution in [2.75, 3.05) is 26.2 Å². The van der Waals surface area contributed by atoms with Gasteiger partial charge in [0.25, 0.3) is 5.91 Å². The van der Waals surface area contributed by atoms with Crippen LogP contribution in [0.3, 0.4) is 0 Å². The molecule has 1 amide bonds. The van der Waals surface area contributed by atoms with Crippen molar-refractivity contribution in [1.29, 1.82) is 0 Å². The highest BCUT2D eigenvalue weighted by atomic mass is 16.3. The third-order valence-electron chi connectivity index (χ3n) is 7.28. The molecule has 2 saturated heterocycles. The number of likely N-dealkylation sites (tertiary alicyclic amines) is 1. The van der Waals surface area contributed by atoms with Gasteiger partial charge in [-0.3, -0.25) is 9.69 Å². The maximum Gasteiger partial charge on any atom is 0.255 e. The van der Waals surface area contributed by atoms with Crippen molar-refractivity contribution in [1.82, 2.24) is 20.1 Å². The molecule has 4 aliphatic heterocycles. The van der Waals surface area contributed by atoms with Crippen LogP contribution >= 0.6 is 0 Å². The molecule has 0 radical (unpaired) electrons. The van der Waals surface area contributed by atoms with E-state index in [1.165, 1.54) is 0 Å². The summed E-state index contributed by atoms with van der Waals surface area (Å²) >= 11 is 0. The van der Waals surface area contributed by atoms with E-state index >= 15 is 0 Å². The maximum atomic E-state index is 13.4. The molecule has 2 aromatic rings. The molecule has 1 aromatic heterocycles. The van der Waals surface area contributed by atoms with Gasteiger partial charge in [-0.2, -0.15) is 0 Å². The summed E-state index contributed by atoms with van der Waals surface area (Å²) in [6.07, 6.45) is 11.1. The van der Waals surface area contributed by atoms with Gasteiger partial charge in [-0.1, -0.05) is 19.1 Å². The van der Waals surface area contributed by atoms with Crippen LogP contribution in [-0.4, -0.2) is 46.9 Å². The van der Waals surface area contributed by atoms with E-state index in [0.717, 1.165) is 66.2 Å². The number of rotatable bonds is 2. The number of nitrogens with one attached hydrogen (secondary N) is 1. The van der Waals surface area contributed by atoms with Gasteiger partial charge in [0.15, 0.2) is 11.5 Å². The van der Waals surface area contributed by atoms with Crippen LogP contribution in [-0.2, 0) is 4.79 Å². The number of allylic oxidation sites excluding steroid dienone is 4. The second-order valence-corrected chi connectivity index (χ2v) is 9.46. The van der Waals surface area contributed by atoms with Gasteiger partial charge in [0.1, 0.15) is 5.52 Å². The Hall–Kier alpha value is -3.12. The van der Waals surface area contributed by atoms with Crippen LogP contribution in [0.4, 0.5) is 0 Å². The minimum Gasteiger partial charge on any atom is -0.441 e. The second-order valence-electron chi connectivity index (χ2n) is 9.46. The third-order valence-corrected chi connectivity index (χ3v) is 7.28. The third kappa shape index (κ3) is 3.30. The standard InChI is InChI=1S/C26H28N4O2/c1-16-3-5-21-6-7-22(29-13-19-11-27-12-20(19)14-29)15-30(21)26(31)10-23(16)18-4-8-24-25(9-18)32-17(2)28-24/h4-10,15-16,19-20,27H,3,11-14H2,1-2H3. The average Bonchev–Trinajstić information content (AvgIpc) is 3.48. The van der Waals surface area contributed by atoms with Crippen LogP contribution in [0.1, 0.15) is 24.8 Å². The van der Waals surface area contributed by atoms with Crippen molar-refractivity contribution in [3.05, 3.63) is 71.6 Å². The lowest BCUT2D eigenvalue weighted by atomic mass is 9.89. The maximum absolute atomic E-state index is 13.4. The Kier molecular flexibility index (Phi) is 4.57. The smallest absolute Gasteiger partial charge is 0.255 e. The topological polar surface area (TPSA) is 61.6 Å². The number of oxazole rings is 1. The summed E-state index contributed by atoms with van der Waals surface area (Å²) in [6, 6.07) is 6.02. The molecule has 0 saturated carbocycles. The summed E-state index contributed by atoms with van der Waals surface area (Å²) in [5.74, 6) is 2.30. The lowest BCUT2D eigenvalue weighted by molar-refractivity contribution is -0.122. The Balaban J connectivity index is 1.31. The van der Waals surface area contributed by atoms with Crippen LogP contribution in [0.2, 0.25) is 0 Å². The Bertz CT molecular complexity index is 1210. The Labute approximate surface area is 188 Å². The number of amides is 1. The van der Waals surface area contributed by atoms with Crippen LogP contribution in [0.15, 0.2) is 64.5 Å². The molecule has 0 aliphatic carbocycles. The van der Waals surface area contributed by atoms with E-state index in [1.54, 1.807) is 6.08 Å². The van der Waals surface area contributed by atoms with Gasteiger partial charge in [-0.25, -0.2) is 4.98 Å². The second kappa shape index (κ2) is 7.48. The lowest BCUT2D eigenvalue weighted by Crippen LogP contribution is -2.31. The SMILES string of the molecule is Cc1nc2ccc(C3=CC(=O)N4C=C(N5CC6CNCC6C5)C=CC4=CCC3C)cc2o1. The minimum atomic E-state index is -0.00504. The zero-order chi connectivity index (χ0) is 21.8. The average molecular weight is 429 g/mol. The molecular formula is C26H28N4O2. The van der Waals surface area contributed by atoms with Crippen molar-refractivity contribution in [3.63, 3.8) is 0 Å². The first kappa shape index (κ1) is 19.6. The largest absolute Gasteiger partial charge is 0.441 e. The van der Waals surface area contributed by atoms with Crippen molar-refractivity contribution < 1.29 is 9.21 Å². The lowest BCUT2D eigenvalue weighted by Gasteiger charge is -2.30. The fourth-order valence-electron chi connectivity index (χ4n) is 5.47. The number of hydrogen-bond acceptors (Lipinski definition) is 5. The van der Waals surface area contributed by atoms with E-state index in [2.05, 4.69) is 40.4 Å². The summed E-state index contributed by atoms with van der Waals surface area (Å²) in [4.78, 5) is 22.1. The quantitative estimate of drug-likeness (QED) is 0.788. The molecule has 6 nitrogen and oxygen atoms in total. The molecule has 1 N–H and O–H groups in total. The Morgan fingerprint density at radius 2 is 1.91 bits per heavy atom. The first-order valence-corrected chi connectivity index (χ1v) is 11.5. The normalized spacial score (nSPS) is 27.6. The van der Waals surface area contributed by atoms with Crippen LogP contribution in [0.25, 0.3) is 16.7 Å². The van der Waals surface area contributed by atoms with Crippen LogP contribution in [0.5, 0.6) is 0 Å². The van der Waals surface area contributed by atoms with Gasteiger partial charge in [0.05, 0.1) is 5.70 Å². The summed E-state index contributed by atoms with van der Waals surface area (Å²) < 4.78 is 5.73. The van der Waals surface area contributed by atoms with Gasteiger partial charge in [-0.15, -0.1) is 0 Å². The fraction of sp³-hybridized carbons (Fsp3) is 0.385. The van der Waals surface area contributed by atoms with E-state index in [0.29, 0.717) is 17.7 Å². The highest BCUT2D eigenvalue weighted by Crippen LogP contribution is 2.35. The number of carbonyl (C=O) groups is 1. The first-order chi connectivity index (χ1) is 15.5. The summed E-state index contributed by atoms with van der Waals surface area (Å²) in [5, 5.41) is 3.50. The zero-order valence-corrected chi connectivity index (χ0v) is 18.5. The fourth-order valence-corrected chi connectivity index (χ4v) is 5.47. The molecule has 0 bridgehead atoms. The molecule has 2 fully saturated rings. The van der Waals surface area contributed by atoms with Gasteiger partial charge in [0.2, 0.25) is 0 Å². The predicted octanol–water partition coefficient (Wildman–Crippen LogP) is 3.83. The molecular weight excluding hydrogens is 400 g/mol. The zero-order valence-electron chi connectivity index (χ0n) is 18.5. The minimum absolute atomic E-state index is 0.00504. The molecule has 32 heavy (non-hydrogen) atoms. The van der Waals surface area contributed by atoms with E-state index in [1.807, 2.05) is 36.2 Å². The first-order valence-electron chi connectivity index (χ1n) is 11.5. The predicted molar refractivity (Wildman–Crippen MR) is 124 cm³/mol. The van der Waals surface area contributed by atoms with Gasteiger partial charge in [-0.05, 0) is 59.6 Å². The number of aryl methyl sites for hydroxylation is 1.